The molecule has 3 heteroatoms. The fourth-order valence-corrected chi connectivity index (χ4v) is 2.93. The molecule has 1 N–H and O–H groups in total. The van der Waals surface area contributed by atoms with Crippen molar-refractivity contribution in [2.75, 3.05) is 6.54 Å². The van der Waals surface area contributed by atoms with Gasteiger partial charge < -0.3 is 9.73 Å². The largest absolute Gasteiger partial charge is 0.457 e. The number of likely N-dealkylation sites (N-methyl/N-ethyl adjacent to an activating group) is 1. The molecule has 1 aliphatic carbocycles. The van der Waals surface area contributed by atoms with Crippen molar-refractivity contribution in [2.24, 2.45) is 0 Å². The molecule has 17 heavy (non-hydrogen) atoms. The first kappa shape index (κ1) is 12.9. The van der Waals surface area contributed by atoms with E-state index in [1.165, 1.54) is 43.2 Å². The Bertz CT molecular complexity index is 383. The quantitative estimate of drug-likeness (QED) is 0.823. The van der Waals surface area contributed by atoms with Gasteiger partial charge in [0.25, 0.3) is 0 Å². The number of hydrogen-bond donors (Lipinski definition) is 1. The molecule has 2 rings (SSSR count). The van der Waals surface area contributed by atoms with Gasteiger partial charge in [0.05, 0.1) is 12.3 Å². The van der Waals surface area contributed by atoms with Crippen molar-refractivity contribution >= 4 is 15.9 Å². The van der Waals surface area contributed by atoms with Crippen molar-refractivity contribution in [3.05, 3.63) is 34.2 Å². The Morgan fingerprint density at radius 2 is 2.29 bits per heavy atom. The van der Waals surface area contributed by atoms with Crippen LogP contribution in [-0.2, 0) is 0 Å². The van der Waals surface area contributed by atoms with E-state index >= 15 is 0 Å². The van der Waals surface area contributed by atoms with Crippen LogP contribution < -0.4 is 5.32 Å². The molecule has 0 aliphatic heterocycles. The fraction of sp³-hybridized carbons (Fsp3) is 0.571. The fourth-order valence-electron chi connectivity index (χ4n) is 2.46. The van der Waals surface area contributed by atoms with E-state index in [1.807, 2.05) is 0 Å². The average Bonchev–Trinajstić information content (AvgIpc) is 2.60. The topological polar surface area (TPSA) is 25.2 Å². The third kappa shape index (κ3) is 3.23. The van der Waals surface area contributed by atoms with Gasteiger partial charge >= 0.3 is 0 Å². The highest BCUT2D eigenvalue weighted by Crippen LogP contribution is 2.33. The van der Waals surface area contributed by atoms with Crippen molar-refractivity contribution in [3.8, 4) is 0 Å². The Morgan fingerprint density at radius 3 is 3.00 bits per heavy atom. The van der Waals surface area contributed by atoms with Crippen molar-refractivity contribution in [1.82, 2.24) is 5.32 Å². The predicted molar refractivity (Wildman–Crippen MR) is 74.0 cm³/mol. The van der Waals surface area contributed by atoms with Gasteiger partial charge in [-0.2, -0.15) is 0 Å². The maximum absolute atomic E-state index is 5.36. The van der Waals surface area contributed by atoms with E-state index in [4.69, 9.17) is 4.42 Å². The van der Waals surface area contributed by atoms with Crippen molar-refractivity contribution in [1.29, 1.82) is 0 Å². The van der Waals surface area contributed by atoms with Gasteiger partial charge in [0.1, 0.15) is 0 Å². The Morgan fingerprint density at radius 1 is 1.41 bits per heavy atom. The second-order valence-corrected chi connectivity index (χ2v) is 5.24. The Hall–Kier alpha value is -0.540. The highest BCUT2D eigenvalue weighted by atomic mass is 79.9. The van der Waals surface area contributed by atoms with Crippen LogP contribution in [-0.4, -0.2) is 6.54 Å². The molecule has 0 spiro atoms. The number of allylic oxidation sites excluding steroid dienone is 1. The zero-order chi connectivity index (χ0) is 12.1. The van der Waals surface area contributed by atoms with Crippen LogP contribution in [0.4, 0.5) is 0 Å². The van der Waals surface area contributed by atoms with Gasteiger partial charge in [0.2, 0.25) is 0 Å². The summed E-state index contributed by atoms with van der Waals surface area (Å²) >= 11 is 3.49. The molecule has 2 nitrogen and oxygen atoms in total. The van der Waals surface area contributed by atoms with Crippen LogP contribution in [0.25, 0.3) is 0 Å². The minimum absolute atomic E-state index is 0.311. The number of rotatable bonds is 4. The number of nitrogens with one attached hydrogen (secondary N) is 1. The van der Waals surface area contributed by atoms with E-state index in [0.29, 0.717) is 6.04 Å². The Labute approximate surface area is 112 Å². The molecule has 94 valence electrons. The smallest absolute Gasteiger partial charge is 0.174 e. The molecule has 1 atom stereocenters. The van der Waals surface area contributed by atoms with Crippen LogP contribution in [0.15, 0.2) is 33.1 Å². The van der Waals surface area contributed by atoms with E-state index in [9.17, 15) is 0 Å². The van der Waals surface area contributed by atoms with E-state index in [1.54, 1.807) is 6.26 Å². The van der Waals surface area contributed by atoms with Gasteiger partial charge in [0.15, 0.2) is 4.67 Å². The molecule has 1 unspecified atom stereocenters. The van der Waals surface area contributed by atoms with Crippen LogP contribution in [0, 0.1) is 0 Å². The summed E-state index contributed by atoms with van der Waals surface area (Å²) in [7, 11) is 0. The molecule has 1 aromatic heterocycles. The zero-order valence-corrected chi connectivity index (χ0v) is 11.9. The molecule has 1 heterocycles. The van der Waals surface area contributed by atoms with Crippen LogP contribution in [0.1, 0.15) is 50.6 Å². The van der Waals surface area contributed by atoms with Crippen LogP contribution in [0.5, 0.6) is 0 Å². The van der Waals surface area contributed by atoms with Crippen molar-refractivity contribution < 1.29 is 4.42 Å². The maximum atomic E-state index is 5.36. The lowest BCUT2D eigenvalue weighted by molar-refractivity contribution is 0.521. The summed E-state index contributed by atoms with van der Waals surface area (Å²) < 4.78 is 6.22. The molecule has 1 aromatic rings. The van der Waals surface area contributed by atoms with Crippen LogP contribution >= 0.6 is 15.9 Å². The van der Waals surface area contributed by atoms with Gasteiger partial charge in [-0.25, -0.2) is 0 Å². The third-order valence-electron chi connectivity index (χ3n) is 3.31. The van der Waals surface area contributed by atoms with Gasteiger partial charge in [-0.3, -0.25) is 0 Å². The Balaban J connectivity index is 2.22. The lowest BCUT2D eigenvalue weighted by Crippen LogP contribution is -2.22. The lowest BCUT2D eigenvalue weighted by Gasteiger charge is -2.20. The van der Waals surface area contributed by atoms with Crippen LogP contribution in [0.3, 0.4) is 0 Å². The molecule has 0 saturated heterocycles. The number of halogens is 1. The summed E-state index contributed by atoms with van der Waals surface area (Å²) in [5.74, 6) is 0. The molecule has 0 aromatic carbocycles. The first-order valence-corrected chi connectivity index (χ1v) is 7.27. The molecule has 0 bridgehead atoms. The molecule has 1 aliphatic rings. The first-order chi connectivity index (χ1) is 8.33. The summed E-state index contributed by atoms with van der Waals surface area (Å²) in [5, 5.41) is 3.57. The number of furan rings is 1. The van der Waals surface area contributed by atoms with Crippen molar-refractivity contribution in [3.63, 3.8) is 0 Å². The summed E-state index contributed by atoms with van der Waals surface area (Å²) in [6, 6.07) is 2.37. The van der Waals surface area contributed by atoms with Gasteiger partial charge in [-0.1, -0.05) is 25.0 Å². The highest BCUT2D eigenvalue weighted by Gasteiger charge is 2.20. The standard InChI is InChI=1S/C14H20BrNO/c1-2-16-13(12-9-10-17-14(12)15)11-7-5-3-4-6-8-11/h7,9-10,13,16H,2-6,8H2,1H3. The second-order valence-electron chi connectivity index (χ2n) is 4.52. The normalized spacial score (nSPS) is 18.6. The van der Waals surface area contributed by atoms with E-state index < -0.39 is 0 Å². The number of hydrogen-bond acceptors (Lipinski definition) is 2. The highest BCUT2D eigenvalue weighted by molar-refractivity contribution is 9.10. The van der Waals surface area contributed by atoms with Crippen molar-refractivity contribution in [2.45, 2.75) is 45.1 Å². The monoisotopic (exact) mass is 297 g/mol. The zero-order valence-electron chi connectivity index (χ0n) is 10.3. The summed E-state index contributed by atoms with van der Waals surface area (Å²) in [6.07, 6.45) is 10.6. The molecular weight excluding hydrogens is 278 g/mol. The average molecular weight is 298 g/mol. The van der Waals surface area contributed by atoms with E-state index in [-0.39, 0.29) is 0 Å². The van der Waals surface area contributed by atoms with Crippen LogP contribution in [0.2, 0.25) is 0 Å². The lowest BCUT2D eigenvalue weighted by atomic mass is 9.97. The third-order valence-corrected chi connectivity index (χ3v) is 3.96. The maximum Gasteiger partial charge on any atom is 0.174 e. The SMILES string of the molecule is CCNC(C1=CCCCCC1)c1ccoc1Br. The van der Waals surface area contributed by atoms with Gasteiger partial charge in [-0.05, 0) is 54.2 Å². The minimum Gasteiger partial charge on any atom is -0.457 e. The predicted octanol–water partition coefficient (Wildman–Crippen LogP) is 4.58. The van der Waals surface area contributed by atoms with E-state index in [2.05, 4.69) is 40.3 Å². The summed E-state index contributed by atoms with van der Waals surface area (Å²) in [4.78, 5) is 0. The summed E-state index contributed by atoms with van der Waals surface area (Å²) in [5.41, 5.74) is 2.74. The van der Waals surface area contributed by atoms with Gasteiger partial charge in [-0.15, -0.1) is 0 Å². The minimum atomic E-state index is 0.311. The second kappa shape index (κ2) is 6.41. The van der Waals surface area contributed by atoms with Gasteiger partial charge in [0, 0.05) is 5.56 Å². The molecular formula is C14H20BrNO. The van der Waals surface area contributed by atoms with E-state index in [0.717, 1.165) is 11.2 Å². The summed E-state index contributed by atoms with van der Waals surface area (Å²) in [6.45, 7) is 3.12. The first-order valence-electron chi connectivity index (χ1n) is 6.48. The molecule has 0 saturated carbocycles. The Kier molecular flexibility index (Phi) is 4.86. The molecule has 0 amide bonds. The molecule has 0 fully saturated rings. The molecule has 0 radical (unpaired) electrons.